The van der Waals surface area contributed by atoms with Crippen molar-refractivity contribution in [1.82, 2.24) is 0 Å². The van der Waals surface area contributed by atoms with E-state index in [1.165, 1.54) is 12.8 Å². The number of aliphatic hydroxyl groups is 4. The van der Waals surface area contributed by atoms with Crippen LogP contribution in [0, 0.1) is 52.3 Å². The molecule has 0 bridgehead atoms. The van der Waals surface area contributed by atoms with Crippen molar-refractivity contribution in [3.05, 3.63) is 0 Å². The van der Waals surface area contributed by atoms with Crippen molar-refractivity contribution in [2.45, 2.75) is 117 Å². The van der Waals surface area contributed by atoms with Crippen LogP contribution in [0.15, 0.2) is 0 Å². The van der Waals surface area contributed by atoms with Gasteiger partial charge in [-0.1, -0.05) is 34.6 Å². The van der Waals surface area contributed by atoms with E-state index in [4.69, 9.17) is 0 Å². The summed E-state index contributed by atoms with van der Waals surface area (Å²) in [4.78, 5) is 0. The Labute approximate surface area is 189 Å². The maximum atomic E-state index is 11.4. The number of hydrogen-bond donors (Lipinski definition) is 4. The summed E-state index contributed by atoms with van der Waals surface area (Å²) in [6.07, 6.45) is 7.36. The highest BCUT2D eigenvalue weighted by molar-refractivity contribution is 5.13. The zero-order valence-electron chi connectivity index (χ0n) is 20.5. The maximum absolute atomic E-state index is 11.4. The first-order chi connectivity index (χ1) is 14.5. The molecule has 0 aliphatic heterocycles. The van der Waals surface area contributed by atoms with E-state index in [2.05, 4.69) is 34.6 Å². The van der Waals surface area contributed by atoms with Crippen molar-refractivity contribution in [3.8, 4) is 0 Å². The average molecular weight is 437 g/mol. The molecular formula is C27H48O4. The van der Waals surface area contributed by atoms with Gasteiger partial charge >= 0.3 is 0 Å². The molecule has 0 aromatic rings. The van der Waals surface area contributed by atoms with Crippen LogP contribution in [0.1, 0.15) is 92.4 Å². The molecule has 4 N–H and O–H groups in total. The molecule has 4 fully saturated rings. The second kappa shape index (κ2) is 8.56. The van der Waals surface area contributed by atoms with Crippen molar-refractivity contribution in [2.24, 2.45) is 52.3 Å². The van der Waals surface area contributed by atoms with Crippen molar-refractivity contribution in [2.75, 3.05) is 0 Å². The van der Waals surface area contributed by atoms with Crippen molar-refractivity contribution in [3.63, 3.8) is 0 Å². The van der Waals surface area contributed by atoms with Crippen LogP contribution >= 0.6 is 0 Å². The standard InChI is InChI=1S/C27H48O4/c1-15(2)22(29)7-6-16(3)20-14-24(31)25-18-13-23(30)21-12-17(28)8-10-26(21,4)19(18)9-11-27(20,25)5/h15-25,28-31H,6-14H2,1-5H3/t16-,17+,18?,19?,20-,21-,22+,23-,24+,25?,26-,27-/m1/s1. The first kappa shape index (κ1) is 24.0. The van der Waals surface area contributed by atoms with Gasteiger partial charge in [-0.15, -0.1) is 0 Å². The Morgan fingerprint density at radius 3 is 2.16 bits per heavy atom. The van der Waals surface area contributed by atoms with E-state index < -0.39 is 0 Å². The first-order valence-electron chi connectivity index (χ1n) is 13.2. The first-order valence-corrected chi connectivity index (χ1v) is 13.2. The Morgan fingerprint density at radius 2 is 1.48 bits per heavy atom. The smallest absolute Gasteiger partial charge is 0.0579 e. The fourth-order valence-electron chi connectivity index (χ4n) is 9.24. The largest absolute Gasteiger partial charge is 0.393 e. The number of hydrogen-bond acceptors (Lipinski definition) is 4. The van der Waals surface area contributed by atoms with Gasteiger partial charge in [0.2, 0.25) is 0 Å². The van der Waals surface area contributed by atoms with Crippen LogP contribution in [0.4, 0.5) is 0 Å². The van der Waals surface area contributed by atoms with Crippen molar-refractivity contribution < 1.29 is 20.4 Å². The van der Waals surface area contributed by atoms with Gasteiger partial charge in [-0.3, -0.25) is 0 Å². The number of rotatable bonds is 5. The van der Waals surface area contributed by atoms with Gasteiger partial charge in [-0.25, -0.2) is 0 Å². The summed E-state index contributed by atoms with van der Waals surface area (Å²) in [5, 5.41) is 43.1. The molecule has 0 heterocycles. The maximum Gasteiger partial charge on any atom is 0.0579 e. The van der Waals surface area contributed by atoms with Crippen LogP contribution in [0.5, 0.6) is 0 Å². The highest BCUT2D eigenvalue weighted by atomic mass is 16.3. The lowest BCUT2D eigenvalue weighted by molar-refractivity contribution is -0.181. The summed E-state index contributed by atoms with van der Waals surface area (Å²) in [5.41, 5.74) is 0.216. The molecule has 4 rings (SSSR count). The molecule has 4 heteroatoms. The van der Waals surface area contributed by atoms with Gasteiger partial charge in [-0.05, 0) is 110 Å². The molecule has 0 saturated heterocycles. The third-order valence-corrected chi connectivity index (χ3v) is 11.1. The monoisotopic (exact) mass is 436 g/mol. The van der Waals surface area contributed by atoms with Gasteiger partial charge < -0.3 is 20.4 Å². The van der Waals surface area contributed by atoms with Crippen molar-refractivity contribution >= 4 is 0 Å². The summed E-state index contributed by atoms with van der Waals surface area (Å²) in [6.45, 7) is 11.3. The van der Waals surface area contributed by atoms with Gasteiger partial charge in [0.05, 0.1) is 24.4 Å². The summed E-state index contributed by atoms with van der Waals surface area (Å²) in [5.74, 6) is 2.70. The van der Waals surface area contributed by atoms with Crippen molar-refractivity contribution in [1.29, 1.82) is 0 Å². The molecule has 0 spiro atoms. The third kappa shape index (κ3) is 3.92. The summed E-state index contributed by atoms with van der Waals surface area (Å²) in [6, 6.07) is 0. The normalized spacial score (nSPS) is 51.7. The minimum absolute atomic E-state index is 0.0910. The molecule has 4 nitrogen and oxygen atoms in total. The highest BCUT2D eigenvalue weighted by Gasteiger charge is 2.64. The Bertz CT molecular complexity index is 637. The van der Waals surface area contributed by atoms with Crippen LogP contribution in [0.3, 0.4) is 0 Å². The van der Waals surface area contributed by atoms with E-state index in [1.807, 2.05) is 0 Å². The molecule has 4 aliphatic carbocycles. The fourth-order valence-corrected chi connectivity index (χ4v) is 9.24. The van der Waals surface area contributed by atoms with Gasteiger partial charge in [0.15, 0.2) is 0 Å². The Balaban J connectivity index is 1.54. The summed E-state index contributed by atoms with van der Waals surface area (Å²) >= 11 is 0. The van der Waals surface area contributed by atoms with Crippen LogP contribution < -0.4 is 0 Å². The molecule has 4 saturated carbocycles. The average Bonchev–Trinajstić information content (AvgIpc) is 2.98. The predicted molar refractivity (Wildman–Crippen MR) is 123 cm³/mol. The van der Waals surface area contributed by atoms with E-state index in [9.17, 15) is 20.4 Å². The lowest BCUT2D eigenvalue weighted by Gasteiger charge is -2.62. The van der Waals surface area contributed by atoms with Crippen LogP contribution in [0.2, 0.25) is 0 Å². The quantitative estimate of drug-likeness (QED) is 0.515. The minimum atomic E-state index is -0.353. The molecule has 0 amide bonds. The molecule has 180 valence electrons. The summed E-state index contributed by atoms with van der Waals surface area (Å²) in [7, 11) is 0. The van der Waals surface area contributed by atoms with Crippen LogP contribution in [-0.4, -0.2) is 44.8 Å². The summed E-state index contributed by atoms with van der Waals surface area (Å²) < 4.78 is 0. The molecule has 31 heavy (non-hydrogen) atoms. The minimum Gasteiger partial charge on any atom is -0.393 e. The van der Waals surface area contributed by atoms with Gasteiger partial charge in [0.1, 0.15) is 0 Å². The van der Waals surface area contributed by atoms with Gasteiger partial charge in [-0.2, -0.15) is 0 Å². The van der Waals surface area contributed by atoms with Crippen LogP contribution in [0.25, 0.3) is 0 Å². The molecule has 12 atom stereocenters. The molecule has 3 unspecified atom stereocenters. The topological polar surface area (TPSA) is 80.9 Å². The fraction of sp³-hybridized carbons (Fsp3) is 1.00. The molecule has 4 aliphatic rings. The Kier molecular flexibility index (Phi) is 6.62. The van der Waals surface area contributed by atoms with Gasteiger partial charge in [0, 0.05) is 0 Å². The lowest BCUT2D eigenvalue weighted by atomic mass is 9.43. The SMILES string of the molecule is CC(C)[C@@H](O)CC[C@@H](C)[C@H]1C[C@H](O)C2C3C[C@@H](O)[C@H]4C[C@@H](O)CC[C@]4(C)C3CC[C@@]21C. The third-order valence-electron chi connectivity index (χ3n) is 11.1. The van der Waals surface area contributed by atoms with E-state index in [1.54, 1.807) is 0 Å². The number of fused-ring (bicyclic) bond motifs is 5. The zero-order valence-corrected chi connectivity index (χ0v) is 20.5. The second-order valence-electron chi connectivity index (χ2n) is 13.0. The molecule has 0 aromatic carbocycles. The second-order valence-corrected chi connectivity index (χ2v) is 13.0. The predicted octanol–water partition coefficient (Wildman–Crippen LogP) is 4.38. The Hall–Kier alpha value is -0.160. The highest BCUT2D eigenvalue weighted by Crippen LogP contribution is 2.68. The van der Waals surface area contributed by atoms with E-state index in [0.29, 0.717) is 29.6 Å². The van der Waals surface area contributed by atoms with E-state index >= 15 is 0 Å². The molecule has 0 radical (unpaired) electrons. The molecular weight excluding hydrogens is 388 g/mol. The zero-order chi connectivity index (χ0) is 22.7. The van der Waals surface area contributed by atoms with Gasteiger partial charge in [0.25, 0.3) is 0 Å². The van der Waals surface area contributed by atoms with E-state index in [-0.39, 0.29) is 47.1 Å². The number of aliphatic hydroxyl groups excluding tert-OH is 4. The van der Waals surface area contributed by atoms with E-state index in [0.717, 1.165) is 44.9 Å². The molecule has 0 aromatic heterocycles. The van der Waals surface area contributed by atoms with Crippen LogP contribution in [-0.2, 0) is 0 Å². The lowest BCUT2D eigenvalue weighted by Crippen LogP contribution is -2.59. The Morgan fingerprint density at radius 1 is 0.806 bits per heavy atom.